The van der Waals surface area contributed by atoms with Crippen molar-refractivity contribution in [2.75, 3.05) is 6.54 Å². The molecule has 6 nitrogen and oxygen atoms in total. The third-order valence-electron chi connectivity index (χ3n) is 2.66. The van der Waals surface area contributed by atoms with E-state index in [1.807, 2.05) is 0 Å². The van der Waals surface area contributed by atoms with Crippen molar-refractivity contribution >= 4 is 6.09 Å². The standard InChI is InChI=1S/C14H17F3N2O4/c1-13(2,3)23-12(20)18-11(8-19(21)22)9-4-6-10(7-5-9)14(15,16)17/h4-7,11H,8H2,1-3H3,(H,18,20)/t11-/m1/s1. The molecule has 0 unspecified atom stereocenters. The quantitative estimate of drug-likeness (QED) is 0.674. The molecule has 1 aromatic carbocycles. The molecule has 0 aromatic heterocycles. The molecule has 1 N–H and O–H groups in total. The minimum absolute atomic E-state index is 0.181. The van der Waals surface area contributed by atoms with Gasteiger partial charge in [0.25, 0.3) is 0 Å². The molecular formula is C14H17F3N2O4. The Bertz CT molecular complexity index is 565. The summed E-state index contributed by atoms with van der Waals surface area (Å²) in [5.74, 6) is 0. The van der Waals surface area contributed by atoms with Gasteiger partial charge in [-0.25, -0.2) is 4.79 Å². The van der Waals surface area contributed by atoms with Crippen LogP contribution >= 0.6 is 0 Å². The molecule has 0 bridgehead atoms. The maximum absolute atomic E-state index is 12.5. The number of nitrogens with one attached hydrogen (secondary N) is 1. The molecule has 9 heteroatoms. The molecule has 128 valence electrons. The van der Waals surface area contributed by atoms with Gasteiger partial charge in [0.1, 0.15) is 11.6 Å². The van der Waals surface area contributed by atoms with Crippen LogP contribution in [0.3, 0.4) is 0 Å². The van der Waals surface area contributed by atoms with Crippen LogP contribution in [0.1, 0.15) is 37.9 Å². The predicted molar refractivity (Wildman–Crippen MR) is 75.4 cm³/mol. The second kappa shape index (κ2) is 6.84. The smallest absolute Gasteiger partial charge is 0.416 e. The Morgan fingerprint density at radius 2 is 1.78 bits per heavy atom. The van der Waals surface area contributed by atoms with Gasteiger partial charge in [-0.15, -0.1) is 0 Å². The molecule has 0 aliphatic heterocycles. The highest BCUT2D eigenvalue weighted by Crippen LogP contribution is 2.30. The number of benzene rings is 1. The van der Waals surface area contributed by atoms with E-state index in [-0.39, 0.29) is 5.56 Å². The fraction of sp³-hybridized carbons (Fsp3) is 0.500. The zero-order chi connectivity index (χ0) is 17.8. The van der Waals surface area contributed by atoms with Crippen LogP contribution in [0.15, 0.2) is 24.3 Å². The van der Waals surface area contributed by atoms with Gasteiger partial charge in [0.15, 0.2) is 0 Å². The molecule has 0 spiro atoms. The van der Waals surface area contributed by atoms with E-state index in [0.717, 1.165) is 24.3 Å². The van der Waals surface area contributed by atoms with Gasteiger partial charge in [0.2, 0.25) is 6.54 Å². The third-order valence-corrected chi connectivity index (χ3v) is 2.66. The SMILES string of the molecule is CC(C)(C)OC(=O)N[C@H](C[N+](=O)[O-])c1ccc(C(F)(F)F)cc1. The Hall–Kier alpha value is -2.32. The van der Waals surface area contributed by atoms with Gasteiger partial charge in [-0.1, -0.05) is 12.1 Å². The molecule has 0 saturated carbocycles. The molecule has 0 aliphatic rings. The van der Waals surface area contributed by atoms with Crippen molar-refractivity contribution in [3.05, 3.63) is 45.5 Å². The summed E-state index contributed by atoms with van der Waals surface area (Å²) in [4.78, 5) is 21.8. The highest BCUT2D eigenvalue weighted by molar-refractivity contribution is 5.68. The second-order valence-electron chi connectivity index (χ2n) is 5.83. The highest BCUT2D eigenvalue weighted by Gasteiger charge is 2.31. The molecule has 0 fully saturated rings. The van der Waals surface area contributed by atoms with Crippen molar-refractivity contribution in [1.29, 1.82) is 0 Å². The number of nitrogens with zero attached hydrogens (tertiary/aromatic N) is 1. The fourth-order valence-electron chi connectivity index (χ4n) is 1.74. The summed E-state index contributed by atoms with van der Waals surface area (Å²) in [6, 6.07) is 2.70. The fourth-order valence-corrected chi connectivity index (χ4v) is 1.74. The van der Waals surface area contributed by atoms with Crippen LogP contribution in [0, 0.1) is 10.1 Å². The van der Waals surface area contributed by atoms with E-state index in [1.165, 1.54) is 0 Å². The van der Waals surface area contributed by atoms with Gasteiger partial charge in [0, 0.05) is 4.92 Å². The van der Waals surface area contributed by atoms with E-state index in [9.17, 15) is 28.1 Å². The lowest BCUT2D eigenvalue weighted by Gasteiger charge is -2.22. The van der Waals surface area contributed by atoms with Crippen molar-refractivity contribution in [3.63, 3.8) is 0 Å². The second-order valence-corrected chi connectivity index (χ2v) is 5.83. The molecule has 0 heterocycles. The summed E-state index contributed by atoms with van der Waals surface area (Å²) in [5, 5.41) is 13.0. The zero-order valence-corrected chi connectivity index (χ0v) is 12.8. The van der Waals surface area contributed by atoms with Gasteiger partial charge in [-0.05, 0) is 38.5 Å². The van der Waals surface area contributed by atoms with Gasteiger partial charge in [-0.2, -0.15) is 13.2 Å². The van der Waals surface area contributed by atoms with Crippen LogP contribution in [-0.4, -0.2) is 23.2 Å². The summed E-state index contributed by atoms with van der Waals surface area (Å²) in [7, 11) is 0. The average Bonchev–Trinajstić information content (AvgIpc) is 2.34. The lowest BCUT2D eigenvalue weighted by atomic mass is 10.0. The summed E-state index contributed by atoms with van der Waals surface area (Å²) < 4.78 is 42.6. The van der Waals surface area contributed by atoms with E-state index < -0.39 is 40.9 Å². The average molecular weight is 334 g/mol. The molecule has 23 heavy (non-hydrogen) atoms. The van der Waals surface area contributed by atoms with Crippen molar-refractivity contribution in [1.82, 2.24) is 5.32 Å². The van der Waals surface area contributed by atoms with E-state index in [2.05, 4.69) is 5.32 Å². The molecule has 1 amide bonds. The number of hydrogen-bond acceptors (Lipinski definition) is 4. The summed E-state index contributed by atoms with van der Waals surface area (Å²) >= 11 is 0. The molecule has 0 radical (unpaired) electrons. The molecular weight excluding hydrogens is 317 g/mol. The van der Waals surface area contributed by atoms with Crippen LogP contribution in [0.5, 0.6) is 0 Å². The van der Waals surface area contributed by atoms with Crippen molar-refractivity contribution in [2.24, 2.45) is 0 Å². The Balaban J connectivity index is 2.94. The number of alkyl carbamates (subject to hydrolysis) is 1. The number of ether oxygens (including phenoxy) is 1. The largest absolute Gasteiger partial charge is 0.444 e. The first-order valence-corrected chi connectivity index (χ1v) is 6.67. The zero-order valence-electron chi connectivity index (χ0n) is 12.8. The van der Waals surface area contributed by atoms with Crippen molar-refractivity contribution in [3.8, 4) is 0 Å². The third kappa shape index (κ3) is 6.54. The normalized spacial score (nSPS) is 13.3. The van der Waals surface area contributed by atoms with Gasteiger partial charge >= 0.3 is 12.3 Å². The number of hydrogen-bond donors (Lipinski definition) is 1. The Morgan fingerprint density at radius 3 is 2.17 bits per heavy atom. The Kier molecular flexibility index (Phi) is 5.57. The number of carbonyl (C=O) groups excluding carboxylic acids is 1. The molecule has 1 atom stereocenters. The first-order valence-electron chi connectivity index (χ1n) is 6.67. The minimum atomic E-state index is -4.50. The summed E-state index contributed by atoms with van der Waals surface area (Å²) in [6.07, 6.45) is -5.39. The number of halogens is 3. The lowest BCUT2D eigenvalue weighted by Crippen LogP contribution is -2.37. The van der Waals surface area contributed by atoms with Crippen LogP contribution < -0.4 is 5.32 Å². The Morgan fingerprint density at radius 1 is 1.26 bits per heavy atom. The van der Waals surface area contributed by atoms with Crippen LogP contribution in [0.4, 0.5) is 18.0 Å². The monoisotopic (exact) mass is 334 g/mol. The number of nitro groups is 1. The predicted octanol–water partition coefficient (Wildman–Crippen LogP) is 3.55. The van der Waals surface area contributed by atoms with E-state index in [4.69, 9.17) is 4.74 Å². The molecule has 1 aromatic rings. The van der Waals surface area contributed by atoms with E-state index >= 15 is 0 Å². The topological polar surface area (TPSA) is 81.5 Å². The van der Waals surface area contributed by atoms with Gasteiger partial charge < -0.3 is 10.1 Å². The first-order chi connectivity index (χ1) is 10.4. The molecule has 1 rings (SSSR count). The van der Waals surface area contributed by atoms with Crippen molar-refractivity contribution in [2.45, 2.75) is 38.6 Å². The van der Waals surface area contributed by atoms with Gasteiger partial charge in [-0.3, -0.25) is 10.1 Å². The first kappa shape index (κ1) is 18.7. The molecule has 0 saturated heterocycles. The number of carbonyl (C=O) groups is 1. The maximum Gasteiger partial charge on any atom is 0.416 e. The maximum atomic E-state index is 12.5. The minimum Gasteiger partial charge on any atom is -0.444 e. The van der Waals surface area contributed by atoms with E-state index in [0.29, 0.717) is 0 Å². The van der Waals surface area contributed by atoms with Crippen LogP contribution in [0.2, 0.25) is 0 Å². The highest BCUT2D eigenvalue weighted by atomic mass is 19.4. The van der Waals surface area contributed by atoms with E-state index in [1.54, 1.807) is 20.8 Å². The lowest BCUT2D eigenvalue weighted by molar-refractivity contribution is -0.484. The number of rotatable bonds is 4. The molecule has 0 aliphatic carbocycles. The number of alkyl halides is 3. The summed E-state index contributed by atoms with van der Waals surface area (Å²) in [5.41, 5.74) is -1.50. The number of amides is 1. The Labute approximate surface area is 130 Å². The van der Waals surface area contributed by atoms with Crippen LogP contribution in [-0.2, 0) is 10.9 Å². The van der Waals surface area contributed by atoms with Crippen LogP contribution in [0.25, 0.3) is 0 Å². The van der Waals surface area contributed by atoms with Gasteiger partial charge in [0.05, 0.1) is 5.56 Å². The van der Waals surface area contributed by atoms with Crippen molar-refractivity contribution < 1.29 is 27.6 Å². The summed E-state index contributed by atoms with van der Waals surface area (Å²) in [6.45, 7) is 4.18.